The molecule has 0 aliphatic carbocycles. The minimum Gasteiger partial charge on any atom is -0.493 e. The molecule has 0 radical (unpaired) electrons. The van der Waals surface area contributed by atoms with Crippen molar-refractivity contribution < 1.29 is 13.2 Å². The van der Waals surface area contributed by atoms with Crippen molar-refractivity contribution in [2.75, 3.05) is 13.2 Å². The van der Waals surface area contributed by atoms with E-state index in [9.17, 15) is 8.42 Å². The van der Waals surface area contributed by atoms with Gasteiger partial charge in [0.1, 0.15) is 5.75 Å². The SMILES string of the molecule is CCCOc1ccc(Cl)cc1CNCCc1ccc(S(N)(=O)=O)cc1. The quantitative estimate of drug-likeness (QED) is 0.653. The normalized spacial score (nSPS) is 11.5. The van der Waals surface area contributed by atoms with E-state index < -0.39 is 10.0 Å². The van der Waals surface area contributed by atoms with Crippen molar-refractivity contribution in [1.29, 1.82) is 0 Å². The van der Waals surface area contributed by atoms with Gasteiger partial charge in [0, 0.05) is 17.1 Å². The number of rotatable bonds is 9. The molecule has 2 aromatic carbocycles. The number of benzene rings is 2. The van der Waals surface area contributed by atoms with Crippen LogP contribution in [-0.2, 0) is 23.0 Å². The Labute approximate surface area is 154 Å². The van der Waals surface area contributed by atoms with E-state index in [1.165, 1.54) is 12.1 Å². The van der Waals surface area contributed by atoms with Crippen LogP contribution in [-0.4, -0.2) is 21.6 Å². The number of nitrogens with two attached hydrogens (primary N) is 1. The summed E-state index contributed by atoms with van der Waals surface area (Å²) in [6.07, 6.45) is 1.72. The number of hydrogen-bond acceptors (Lipinski definition) is 4. The second-order valence-corrected chi connectivity index (χ2v) is 7.71. The zero-order valence-corrected chi connectivity index (χ0v) is 15.7. The predicted octanol–water partition coefficient (Wildman–Crippen LogP) is 3.11. The maximum Gasteiger partial charge on any atom is 0.238 e. The molecule has 7 heteroatoms. The van der Waals surface area contributed by atoms with Gasteiger partial charge in [-0.05, 0) is 55.3 Å². The molecule has 0 bridgehead atoms. The Kier molecular flexibility index (Phi) is 7.25. The van der Waals surface area contributed by atoms with Gasteiger partial charge >= 0.3 is 0 Å². The second kappa shape index (κ2) is 9.20. The van der Waals surface area contributed by atoms with E-state index in [0.717, 1.165) is 36.3 Å². The summed E-state index contributed by atoms with van der Waals surface area (Å²) in [5, 5.41) is 9.13. The van der Waals surface area contributed by atoms with E-state index in [-0.39, 0.29) is 4.90 Å². The fraction of sp³-hybridized carbons (Fsp3) is 0.333. The molecule has 136 valence electrons. The summed E-state index contributed by atoms with van der Waals surface area (Å²) in [4.78, 5) is 0.126. The molecule has 0 aromatic heterocycles. The van der Waals surface area contributed by atoms with Crippen molar-refractivity contribution in [3.05, 3.63) is 58.6 Å². The van der Waals surface area contributed by atoms with Gasteiger partial charge in [-0.25, -0.2) is 13.6 Å². The standard InChI is InChI=1S/C18H23ClN2O3S/c1-2-11-24-18-8-5-16(19)12-15(18)13-21-10-9-14-3-6-17(7-4-14)25(20,22)23/h3-8,12,21H,2,9-11,13H2,1H3,(H2,20,22,23). The molecule has 0 aliphatic heterocycles. The first-order valence-corrected chi connectivity index (χ1v) is 10.1. The molecule has 0 aliphatic rings. The third-order valence-corrected chi connectivity index (χ3v) is 4.81. The number of hydrogen-bond donors (Lipinski definition) is 2. The van der Waals surface area contributed by atoms with Gasteiger partial charge in [0.15, 0.2) is 0 Å². The smallest absolute Gasteiger partial charge is 0.238 e. The average Bonchev–Trinajstić information content (AvgIpc) is 2.57. The monoisotopic (exact) mass is 382 g/mol. The van der Waals surface area contributed by atoms with Crippen LogP contribution in [0.5, 0.6) is 5.75 Å². The summed E-state index contributed by atoms with van der Waals surface area (Å²) in [6.45, 7) is 4.13. The molecule has 0 amide bonds. The van der Waals surface area contributed by atoms with Crippen LogP contribution in [0.3, 0.4) is 0 Å². The van der Waals surface area contributed by atoms with Crippen molar-refractivity contribution in [2.24, 2.45) is 5.14 Å². The van der Waals surface area contributed by atoms with Gasteiger partial charge in [0.05, 0.1) is 11.5 Å². The molecule has 2 aromatic rings. The second-order valence-electron chi connectivity index (χ2n) is 5.72. The number of sulfonamides is 1. The summed E-state index contributed by atoms with van der Waals surface area (Å²) in [5.74, 6) is 0.844. The van der Waals surface area contributed by atoms with E-state index >= 15 is 0 Å². The largest absolute Gasteiger partial charge is 0.493 e. The molecular weight excluding hydrogens is 360 g/mol. The van der Waals surface area contributed by atoms with Crippen molar-refractivity contribution in [3.63, 3.8) is 0 Å². The van der Waals surface area contributed by atoms with Crippen LogP contribution in [0.15, 0.2) is 47.4 Å². The summed E-state index contributed by atoms with van der Waals surface area (Å²) >= 11 is 6.07. The van der Waals surface area contributed by atoms with Gasteiger partial charge in [-0.3, -0.25) is 0 Å². The summed E-state index contributed by atoms with van der Waals surface area (Å²) in [5.41, 5.74) is 2.05. The summed E-state index contributed by atoms with van der Waals surface area (Å²) < 4.78 is 28.2. The first kappa shape index (κ1) is 19.7. The van der Waals surface area contributed by atoms with E-state index in [1.54, 1.807) is 12.1 Å². The van der Waals surface area contributed by atoms with Gasteiger partial charge in [-0.1, -0.05) is 30.7 Å². The maximum absolute atomic E-state index is 11.2. The lowest BCUT2D eigenvalue weighted by Crippen LogP contribution is -2.17. The van der Waals surface area contributed by atoms with Gasteiger partial charge in [0.25, 0.3) is 0 Å². The summed E-state index contributed by atoms with van der Waals surface area (Å²) in [6, 6.07) is 12.2. The fourth-order valence-electron chi connectivity index (χ4n) is 2.34. The third-order valence-electron chi connectivity index (χ3n) is 3.64. The summed E-state index contributed by atoms with van der Waals surface area (Å²) in [7, 11) is -3.64. The number of halogens is 1. The van der Waals surface area contributed by atoms with Crippen molar-refractivity contribution in [1.82, 2.24) is 5.32 Å². The molecule has 0 spiro atoms. The molecular formula is C18H23ClN2O3S. The molecule has 0 saturated heterocycles. The minimum absolute atomic E-state index is 0.126. The predicted molar refractivity (Wildman–Crippen MR) is 100 cm³/mol. The molecule has 0 unspecified atom stereocenters. The van der Waals surface area contributed by atoms with Crippen LogP contribution in [0, 0.1) is 0 Å². The highest BCUT2D eigenvalue weighted by atomic mass is 35.5. The van der Waals surface area contributed by atoms with Crippen LogP contribution in [0.2, 0.25) is 5.02 Å². The Morgan fingerprint density at radius 1 is 1.16 bits per heavy atom. The topological polar surface area (TPSA) is 81.4 Å². The van der Waals surface area contributed by atoms with Gasteiger partial charge < -0.3 is 10.1 Å². The lowest BCUT2D eigenvalue weighted by molar-refractivity contribution is 0.313. The molecule has 0 fully saturated rings. The molecule has 2 rings (SSSR count). The highest BCUT2D eigenvalue weighted by Crippen LogP contribution is 2.23. The number of nitrogens with one attached hydrogen (secondary N) is 1. The van der Waals surface area contributed by atoms with E-state index in [0.29, 0.717) is 18.2 Å². The van der Waals surface area contributed by atoms with Crippen molar-refractivity contribution >= 4 is 21.6 Å². The Morgan fingerprint density at radius 3 is 2.52 bits per heavy atom. The third kappa shape index (κ3) is 6.32. The molecule has 0 saturated carbocycles. The van der Waals surface area contributed by atoms with Crippen LogP contribution in [0.1, 0.15) is 24.5 Å². The van der Waals surface area contributed by atoms with E-state index in [4.69, 9.17) is 21.5 Å². The molecule has 25 heavy (non-hydrogen) atoms. The van der Waals surface area contributed by atoms with Crippen molar-refractivity contribution in [2.45, 2.75) is 31.2 Å². The van der Waals surface area contributed by atoms with Gasteiger partial charge in [-0.15, -0.1) is 0 Å². The van der Waals surface area contributed by atoms with Crippen molar-refractivity contribution in [3.8, 4) is 5.75 Å². The zero-order chi connectivity index (χ0) is 18.3. The van der Waals surface area contributed by atoms with E-state index in [1.807, 2.05) is 18.2 Å². The Balaban J connectivity index is 1.88. The Morgan fingerprint density at radius 2 is 1.88 bits per heavy atom. The number of ether oxygens (including phenoxy) is 1. The number of primary sulfonamides is 1. The fourth-order valence-corrected chi connectivity index (χ4v) is 3.05. The average molecular weight is 383 g/mol. The van der Waals surface area contributed by atoms with Gasteiger partial charge in [-0.2, -0.15) is 0 Å². The first-order chi connectivity index (χ1) is 11.9. The highest BCUT2D eigenvalue weighted by molar-refractivity contribution is 7.89. The lowest BCUT2D eigenvalue weighted by Gasteiger charge is -2.12. The molecule has 0 atom stereocenters. The Hall–Kier alpha value is -1.60. The molecule has 3 N–H and O–H groups in total. The van der Waals surface area contributed by atoms with Crippen LogP contribution < -0.4 is 15.2 Å². The highest BCUT2D eigenvalue weighted by Gasteiger charge is 2.07. The first-order valence-electron chi connectivity index (χ1n) is 8.14. The van der Waals surface area contributed by atoms with Crippen LogP contribution in [0.25, 0.3) is 0 Å². The molecule has 5 nitrogen and oxygen atoms in total. The molecule has 0 heterocycles. The van der Waals surface area contributed by atoms with Gasteiger partial charge in [0.2, 0.25) is 10.0 Å². The maximum atomic E-state index is 11.2. The minimum atomic E-state index is -3.64. The zero-order valence-electron chi connectivity index (χ0n) is 14.2. The van der Waals surface area contributed by atoms with Crippen LogP contribution >= 0.6 is 11.6 Å². The van der Waals surface area contributed by atoms with E-state index in [2.05, 4.69) is 12.2 Å². The lowest BCUT2D eigenvalue weighted by atomic mass is 10.1. The van der Waals surface area contributed by atoms with Crippen LogP contribution in [0.4, 0.5) is 0 Å². The Bertz CT molecular complexity index is 792.